The molecule has 1 N–H and O–H groups in total. The molecule has 0 bridgehead atoms. The third-order valence-corrected chi connectivity index (χ3v) is 3.95. The van der Waals surface area contributed by atoms with E-state index < -0.39 is 23.4 Å². The summed E-state index contributed by atoms with van der Waals surface area (Å²) in [5.74, 6) is -1.09. The molecule has 1 aliphatic rings. The summed E-state index contributed by atoms with van der Waals surface area (Å²) < 4.78 is 46.4. The zero-order valence-electron chi connectivity index (χ0n) is 12.0. The Morgan fingerprint density at radius 3 is 2.75 bits per heavy atom. The van der Waals surface area contributed by atoms with Gasteiger partial charge in [0.2, 0.25) is 0 Å². The number of carbonyl (C=O) groups is 1. The number of ether oxygens (including phenoxy) is 1. The van der Waals surface area contributed by atoms with Gasteiger partial charge in [-0.3, -0.25) is 0 Å². The van der Waals surface area contributed by atoms with Crippen molar-refractivity contribution in [2.75, 3.05) is 0 Å². The van der Waals surface area contributed by atoms with E-state index in [4.69, 9.17) is 9.84 Å². The van der Waals surface area contributed by atoms with Crippen LogP contribution in [0, 0.1) is 0 Å². The Hall–Kier alpha value is -3.03. The number of alkyl halides is 3. The van der Waals surface area contributed by atoms with Crippen molar-refractivity contribution in [1.82, 2.24) is 9.78 Å². The Kier molecular flexibility index (Phi) is 2.87. The summed E-state index contributed by atoms with van der Waals surface area (Å²) in [4.78, 5) is 11.1. The van der Waals surface area contributed by atoms with Gasteiger partial charge in [-0.05, 0) is 12.1 Å². The molecule has 0 radical (unpaired) electrons. The van der Waals surface area contributed by atoms with Crippen molar-refractivity contribution in [3.63, 3.8) is 0 Å². The largest absolute Gasteiger partial charge is 0.488 e. The van der Waals surface area contributed by atoms with E-state index in [0.717, 1.165) is 10.9 Å². The number of hydrogen-bond donors (Lipinski definition) is 1. The summed E-state index contributed by atoms with van der Waals surface area (Å²) in [5, 5.41) is 13.9. The first-order chi connectivity index (χ1) is 11.4. The van der Waals surface area contributed by atoms with Crippen molar-refractivity contribution in [1.29, 1.82) is 0 Å². The second-order valence-electron chi connectivity index (χ2n) is 5.33. The topological polar surface area (TPSA) is 64.3 Å². The molecule has 24 heavy (non-hydrogen) atoms. The van der Waals surface area contributed by atoms with Crippen molar-refractivity contribution in [2.24, 2.45) is 0 Å². The lowest BCUT2D eigenvalue weighted by Crippen LogP contribution is -2.17. The predicted molar refractivity (Wildman–Crippen MR) is 77.4 cm³/mol. The minimum Gasteiger partial charge on any atom is -0.488 e. The summed E-state index contributed by atoms with van der Waals surface area (Å²) in [5.41, 5.74) is -1.18. The zero-order chi connectivity index (χ0) is 17.1. The van der Waals surface area contributed by atoms with Gasteiger partial charge in [0.15, 0.2) is 5.69 Å². The highest BCUT2D eigenvalue weighted by molar-refractivity contribution is 5.98. The van der Waals surface area contributed by atoms with Crippen LogP contribution in [-0.4, -0.2) is 20.9 Å². The van der Waals surface area contributed by atoms with Gasteiger partial charge in [-0.1, -0.05) is 18.2 Å². The molecule has 0 unspecified atom stereocenters. The maximum absolute atomic E-state index is 13.4. The number of hydrogen-bond acceptors (Lipinski definition) is 3. The van der Waals surface area contributed by atoms with Crippen LogP contribution in [0.3, 0.4) is 0 Å². The molecule has 4 rings (SSSR count). The van der Waals surface area contributed by atoms with E-state index >= 15 is 0 Å². The summed E-state index contributed by atoms with van der Waals surface area (Å²) in [6.45, 7) is 0.349. The van der Waals surface area contributed by atoms with Gasteiger partial charge in [0.05, 0.1) is 11.9 Å². The van der Waals surface area contributed by atoms with Gasteiger partial charge < -0.3 is 9.84 Å². The first-order valence-corrected chi connectivity index (χ1v) is 6.94. The SMILES string of the molecule is O=C(O)c1cnn(-c2ccc3c4c(cccc24)OC3)c1C(F)(F)F. The molecule has 122 valence electrons. The van der Waals surface area contributed by atoms with Crippen LogP contribution in [-0.2, 0) is 12.8 Å². The van der Waals surface area contributed by atoms with Crippen LogP contribution < -0.4 is 4.74 Å². The van der Waals surface area contributed by atoms with Crippen molar-refractivity contribution >= 4 is 16.7 Å². The van der Waals surface area contributed by atoms with Crippen LogP contribution in [0.2, 0.25) is 0 Å². The van der Waals surface area contributed by atoms with E-state index in [2.05, 4.69) is 5.10 Å². The average molecular weight is 334 g/mol. The quantitative estimate of drug-likeness (QED) is 0.777. The lowest BCUT2D eigenvalue weighted by Gasteiger charge is -2.13. The number of carboxylic acid groups (broad SMARTS) is 1. The first-order valence-electron chi connectivity index (χ1n) is 6.94. The molecule has 5 nitrogen and oxygen atoms in total. The van der Waals surface area contributed by atoms with Gasteiger partial charge in [-0.25, -0.2) is 9.48 Å². The van der Waals surface area contributed by atoms with Gasteiger partial charge in [-0.2, -0.15) is 18.3 Å². The Morgan fingerprint density at radius 2 is 2.04 bits per heavy atom. The molecule has 0 fully saturated rings. The minimum absolute atomic E-state index is 0.154. The van der Waals surface area contributed by atoms with Crippen LogP contribution >= 0.6 is 0 Å². The number of halogens is 3. The van der Waals surface area contributed by atoms with E-state index in [1.807, 2.05) is 0 Å². The first kappa shape index (κ1) is 14.6. The third-order valence-electron chi connectivity index (χ3n) is 3.95. The fourth-order valence-electron chi connectivity index (χ4n) is 2.97. The highest BCUT2D eigenvalue weighted by Crippen LogP contribution is 2.40. The molecule has 0 atom stereocenters. The second-order valence-corrected chi connectivity index (χ2v) is 5.33. The number of aromatic carboxylic acids is 1. The molecule has 0 amide bonds. The maximum atomic E-state index is 13.4. The van der Waals surface area contributed by atoms with E-state index in [-0.39, 0.29) is 5.69 Å². The number of aromatic nitrogens is 2. The number of nitrogens with zero attached hydrogens (tertiary/aromatic N) is 2. The molecule has 3 aromatic rings. The molecule has 1 aromatic heterocycles. The molecular formula is C16H9F3N2O3. The molecule has 0 aliphatic carbocycles. The zero-order valence-corrected chi connectivity index (χ0v) is 12.0. The van der Waals surface area contributed by atoms with E-state index in [1.54, 1.807) is 24.3 Å². The molecule has 1 aliphatic heterocycles. The van der Waals surface area contributed by atoms with E-state index in [1.165, 1.54) is 6.07 Å². The second kappa shape index (κ2) is 4.73. The summed E-state index contributed by atoms with van der Waals surface area (Å²) in [7, 11) is 0. The highest BCUT2D eigenvalue weighted by atomic mass is 19.4. The fraction of sp³-hybridized carbons (Fsp3) is 0.125. The van der Waals surface area contributed by atoms with Gasteiger partial charge in [0, 0.05) is 16.3 Å². The van der Waals surface area contributed by atoms with Crippen LogP contribution in [0.15, 0.2) is 36.5 Å². The molecule has 2 aromatic carbocycles. The smallest absolute Gasteiger partial charge is 0.434 e. The average Bonchev–Trinajstić information content (AvgIpc) is 3.13. The predicted octanol–water partition coefficient (Wildman–Crippen LogP) is 3.63. The highest BCUT2D eigenvalue weighted by Gasteiger charge is 2.41. The maximum Gasteiger partial charge on any atom is 0.434 e. The number of carboxylic acids is 1. The van der Waals surface area contributed by atoms with Crippen LogP contribution in [0.1, 0.15) is 21.6 Å². The van der Waals surface area contributed by atoms with E-state index in [0.29, 0.717) is 28.6 Å². The Morgan fingerprint density at radius 1 is 1.25 bits per heavy atom. The van der Waals surface area contributed by atoms with Crippen LogP contribution in [0.25, 0.3) is 16.5 Å². The molecule has 2 heterocycles. The van der Waals surface area contributed by atoms with Crippen LogP contribution in [0.5, 0.6) is 5.75 Å². The van der Waals surface area contributed by atoms with Crippen molar-refractivity contribution in [2.45, 2.75) is 12.8 Å². The van der Waals surface area contributed by atoms with Gasteiger partial charge in [0.1, 0.15) is 17.9 Å². The summed E-state index contributed by atoms with van der Waals surface area (Å²) >= 11 is 0. The summed E-state index contributed by atoms with van der Waals surface area (Å²) in [6.07, 6.45) is -4.14. The minimum atomic E-state index is -4.86. The van der Waals surface area contributed by atoms with Crippen molar-refractivity contribution in [3.05, 3.63) is 53.3 Å². The van der Waals surface area contributed by atoms with Gasteiger partial charge in [-0.15, -0.1) is 0 Å². The molecular weight excluding hydrogens is 325 g/mol. The lowest BCUT2D eigenvalue weighted by atomic mass is 10.0. The third kappa shape index (κ3) is 1.96. The van der Waals surface area contributed by atoms with Crippen molar-refractivity contribution in [3.8, 4) is 11.4 Å². The monoisotopic (exact) mass is 334 g/mol. The number of rotatable bonds is 2. The Balaban J connectivity index is 2.06. The van der Waals surface area contributed by atoms with Gasteiger partial charge in [0.25, 0.3) is 0 Å². The summed E-state index contributed by atoms with van der Waals surface area (Å²) in [6, 6.07) is 8.22. The Labute approximate surface area is 132 Å². The van der Waals surface area contributed by atoms with Crippen molar-refractivity contribution < 1.29 is 27.8 Å². The normalized spacial score (nSPS) is 13.3. The Bertz CT molecular complexity index is 982. The molecule has 0 spiro atoms. The van der Waals surface area contributed by atoms with E-state index in [9.17, 15) is 18.0 Å². The molecule has 0 saturated heterocycles. The molecule has 8 heteroatoms. The molecule has 0 saturated carbocycles. The van der Waals surface area contributed by atoms with Gasteiger partial charge >= 0.3 is 12.1 Å². The van der Waals surface area contributed by atoms with Crippen LogP contribution in [0.4, 0.5) is 13.2 Å². The number of benzene rings is 2. The lowest BCUT2D eigenvalue weighted by molar-refractivity contribution is -0.143. The standard InChI is InChI=1S/C16H9F3N2O3/c17-16(18,19)14-10(15(22)23)6-20-21(14)11-5-4-8-7-24-12-3-1-2-9(11)13(8)12/h1-6H,7H2,(H,22,23). The fourth-order valence-corrected chi connectivity index (χ4v) is 2.97.